The molecule has 0 aromatic heterocycles. The minimum atomic E-state index is -2.16. The van der Waals surface area contributed by atoms with Gasteiger partial charge in [0.15, 0.2) is 5.72 Å². The standard InChI is InChI=1S/C11H16N2O6/c12-11(16,10(15)7-19-13(17)18)9-3-1-8(2-4-9)5-6-14/h1-4,10,14-16H,5-7,12H2. The van der Waals surface area contributed by atoms with Crippen LogP contribution in [0.15, 0.2) is 24.3 Å². The van der Waals surface area contributed by atoms with Crippen LogP contribution in [-0.4, -0.2) is 39.7 Å². The Hall–Kier alpha value is -1.74. The second-order valence-corrected chi connectivity index (χ2v) is 4.03. The first-order valence-corrected chi connectivity index (χ1v) is 5.54. The van der Waals surface area contributed by atoms with Crippen LogP contribution in [0.3, 0.4) is 0 Å². The molecule has 1 rings (SSSR count). The van der Waals surface area contributed by atoms with Crippen molar-refractivity contribution in [1.29, 1.82) is 0 Å². The van der Waals surface area contributed by atoms with Crippen molar-refractivity contribution in [1.82, 2.24) is 0 Å². The lowest BCUT2D eigenvalue weighted by Gasteiger charge is -2.28. The summed E-state index contributed by atoms with van der Waals surface area (Å²) in [5.74, 6) is 0. The van der Waals surface area contributed by atoms with Gasteiger partial charge in [-0.05, 0) is 12.0 Å². The summed E-state index contributed by atoms with van der Waals surface area (Å²) in [7, 11) is 0. The van der Waals surface area contributed by atoms with E-state index in [4.69, 9.17) is 10.8 Å². The molecule has 8 nitrogen and oxygen atoms in total. The molecule has 19 heavy (non-hydrogen) atoms. The molecular weight excluding hydrogens is 256 g/mol. The maximum Gasteiger partial charge on any atom is 0.294 e. The number of aliphatic hydroxyl groups excluding tert-OH is 2. The van der Waals surface area contributed by atoms with Gasteiger partial charge in [0.1, 0.15) is 12.7 Å². The Balaban J connectivity index is 2.77. The van der Waals surface area contributed by atoms with Crippen LogP contribution in [0.2, 0.25) is 0 Å². The van der Waals surface area contributed by atoms with E-state index in [2.05, 4.69) is 4.84 Å². The third kappa shape index (κ3) is 4.14. The third-order valence-corrected chi connectivity index (χ3v) is 2.66. The summed E-state index contributed by atoms with van der Waals surface area (Å²) in [5, 5.41) is 37.3. The van der Waals surface area contributed by atoms with Gasteiger partial charge in [-0.2, -0.15) is 0 Å². The lowest BCUT2D eigenvalue weighted by molar-refractivity contribution is -0.760. The molecule has 0 amide bonds. The van der Waals surface area contributed by atoms with Gasteiger partial charge < -0.3 is 20.2 Å². The fourth-order valence-corrected chi connectivity index (χ4v) is 1.52. The largest absolute Gasteiger partial charge is 0.396 e. The molecule has 2 atom stereocenters. The maximum absolute atomic E-state index is 10.0. The van der Waals surface area contributed by atoms with E-state index >= 15 is 0 Å². The summed E-state index contributed by atoms with van der Waals surface area (Å²) in [6.45, 7) is -0.746. The molecule has 0 spiro atoms. The predicted octanol–water partition coefficient (Wildman–Crippen LogP) is -1.11. The second kappa shape index (κ2) is 6.43. The monoisotopic (exact) mass is 272 g/mol. The summed E-state index contributed by atoms with van der Waals surface area (Å²) < 4.78 is 0. The normalized spacial score (nSPS) is 15.6. The molecule has 0 aliphatic heterocycles. The van der Waals surface area contributed by atoms with Crippen molar-refractivity contribution in [2.75, 3.05) is 13.2 Å². The second-order valence-electron chi connectivity index (χ2n) is 4.03. The van der Waals surface area contributed by atoms with Crippen molar-refractivity contribution in [3.8, 4) is 0 Å². The molecule has 0 bridgehead atoms. The molecule has 0 saturated heterocycles. The van der Waals surface area contributed by atoms with Crippen LogP contribution in [0.5, 0.6) is 0 Å². The third-order valence-electron chi connectivity index (χ3n) is 2.66. The van der Waals surface area contributed by atoms with E-state index in [9.17, 15) is 20.3 Å². The van der Waals surface area contributed by atoms with Crippen molar-refractivity contribution < 1.29 is 25.2 Å². The number of nitrogens with zero attached hydrogens (tertiary/aromatic N) is 1. The van der Waals surface area contributed by atoms with Crippen molar-refractivity contribution in [3.05, 3.63) is 45.5 Å². The summed E-state index contributed by atoms with van der Waals surface area (Å²) in [4.78, 5) is 14.0. The van der Waals surface area contributed by atoms with Gasteiger partial charge in [0, 0.05) is 12.2 Å². The van der Waals surface area contributed by atoms with Crippen LogP contribution >= 0.6 is 0 Å². The summed E-state index contributed by atoms with van der Waals surface area (Å²) in [5.41, 5.74) is 4.41. The lowest BCUT2D eigenvalue weighted by Crippen LogP contribution is -2.50. The predicted molar refractivity (Wildman–Crippen MR) is 64.3 cm³/mol. The molecule has 5 N–H and O–H groups in total. The van der Waals surface area contributed by atoms with E-state index in [-0.39, 0.29) is 12.2 Å². The first kappa shape index (κ1) is 15.3. The zero-order chi connectivity index (χ0) is 14.5. The summed E-state index contributed by atoms with van der Waals surface area (Å²) in [6.07, 6.45) is -1.20. The smallest absolute Gasteiger partial charge is 0.294 e. The first-order chi connectivity index (χ1) is 8.87. The van der Waals surface area contributed by atoms with Gasteiger partial charge in [-0.1, -0.05) is 24.3 Å². The fraction of sp³-hybridized carbons (Fsp3) is 0.455. The molecule has 106 valence electrons. The van der Waals surface area contributed by atoms with Crippen molar-refractivity contribution in [3.63, 3.8) is 0 Å². The number of hydrogen-bond acceptors (Lipinski definition) is 7. The highest BCUT2D eigenvalue weighted by atomic mass is 17.0. The van der Waals surface area contributed by atoms with Crippen LogP contribution in [0.25, 0.3) is 0 Å². The molecule has 1 aromatic carbocycles. The van der Waals surface area contributed by atoms with E-state index in [1.165, 1.54) is 12.1 Å². The van der Waals surface area contributed by atoms with Gasteiger partial charge in [-0.3, -0.25) is 5.73 Å². The maximum atomic E-state index is 10.0. The quantitative estimate of drug-likeness (QED) is 0.280. The number of rotatable bonds is 7. The van der Waals surface area contributed by atoms with Crippen LogP contribution in [0.1, 0.15) is 11.1 Å². The van der Waals surface area contributed by atoms with E-state index in [1.54, 1.807) is 12.1 Å². The van der Waals surface area contributed by atoms with Crippen molar-refractivity contribution in [2.45, 2.75) is 18.2 Å². The SMILES string of the molecule is NC(O)(c1ccc(CCO)cc1)C(O)CO[N+](=O)[O-]. The molecule has 0 aliphatic carbocycles. The molecule has 8 heteroatoms. The molecule has 0 aliphatic rings. The van der Waals surface area contributed by atoms with Gasteiger partial charge >= 0.3 is 0 Å². The van der Waals surface area contributed by atoms with E-state index in [0.29, 0.717) is 6.42 Å². The first-order valence-electron chi connectivity index (χ1n) is 5.54. The number of aliphatic hydroxyl groups is 3. The average molecular weight is 272 g/mol. The molecule has 1 aromatic rings. The van der Waals surface area contributed by atoms with Gasteiger partial charge in [0.25, 0.3) is 5.09 Å². The van der Waals surface area contributed by atoms with Crippen molar-refractivity contribution >= 4 is 0 Å². The van der Waals surface area contributed by atoms with Gasteiger partial charge in [-0.15, -0.1) is 10.1 Å². The molecule has 0 heterocycles. The van der Waals surface area contributed by atoms with E-state index in [1.807, 2.05) is 0 Å². The Bertz CT molecular complexity index is 420. The van der Waals surface area contributed by atoms with Crippen LogP contribution in [-0.2, 0) is 17.0 Å². The Labute approximate surface area is 109 Å². The van der Waals surface area contributed by atoms with E-state index < -0.39 is 23.5 Å². The Morgan fingerprint density at radius 2 is 2.00 bits per heavy atom. The lowest BCUT2D eigenvalue weighted by atomic mass is 9.96. The van der Waals surface area contributed by atoms with Crippen LogP contribution < -0.4 is 5.73 Å². The summed E-state index contributed by atoms with van der Waals surface area (Å²) >= 11 is 0. The fourth-order valence-electron chi connectivity index (χ4n) is 1.52. The van der Waals surface area contributed by atoms with Crippen LogP contribution in [0.4, 0.5) is 0 Å². The van der Waals surface area contributed by atoms with Crippen molar-refractivity contribution in [2.24, 2.45) is 5.73 Å². The zero-order valence-corrected chi connectivity index (χ0v) is 10.1. The molecular formula is C11H16N2O6. The Morgan fingerprint density at radius 1 is 1.42 bits per heavy atom. The molecule has 0 radical (unpaired) electrons. The number of benzene rings is 1. The molecule has 2 unspecified atom stereocenters. The van der Waals surface area contributed by atoms with Gasteiger partial charge in [0.2, 0.25) is 0 Å². The minimum absolute atomic E-state index is 0.00839. The highest BCUT2D eigenvalue weighted by molar-refractivity contribution is 5.27. The molecule has 0 saturated carbocycles. The van der Waals surface area contributed by atoms with Gasteiger partial charge in [0.05, 0.1) is 0 Å². The van der Waals surface area contributed by atoms with Gasteiger partial charge in [-0.25, -0.2) is 0 Å². The van der Waals surface area contributed by atoms with E-state index in [0.717, 1.165) is 5.56 Å². The Morgan fingerprint density at radius 3 is 2.47 bits per heavy atom. The molecule has 0 fully saturated rings. The summed E-state index contributed by atoms with van der Waals surface area (Å²) in [6, 6.07) is 6.20. The Kier molecular flexibility index (Phi) is 5.19. The highest BCUT2D eigenvalue weighted by Crippen LogP contribution is 2.20. The average Bonchev–Trinajstić information content (AvgIpc) is 2.36. The topological polar surface area (TPSA) is 139 Å². The zero-order valence-electron chi connectivity index (χ0n) is 10.1. The number of nitrogens with two attached hydrogens (primary N) is 1. The van der Waals surface area contributed by atoms with Crippen LogP contribution in [0, 0.1) is 10.1 Å². The number of hydrogen-bond donors (Lipinski definition) is 4. The minimum Gasteiger partial charge on any atom is -0.396 e. The highest BCUT2D eigenvalue weighted by Gasteiger charge is 2.34.